The van der Waals surface area contributed by atoms with Crippen molar-refractivity contribution < 1.29 is 4.79 Å². The van der Waals surface area contributed by atoms with E-state index < -0.39 is 0 Å². The molecule has 0 saturated carbocycles. The van der Waals surface area contributed by atoms with Crippen LogP contribution in [0.5, 0.6) is 0 Å². The number of halogens is 1. The number of rotatable bonds is 5. The summed E-state index contributed by atoms with van der Waals surface area (Å²) in [4.78, 5) is 15.7. The second-order valence-corrected chi connectivity index (χ2v) is 4.36. The van der Waals surface area contributed by atoms with Crippen LogP contribution in [0.25, 0.3) is 0 Å². The van der Waals surface area contributed by atoms with Gasteiger partial charge in [-0.25, -0.2) is 4.98 Å². The average Bonchev–Trinajstić information content (AvgIpc) is 2.24. The van der Waals surface area contributed by atoms with Crippen LogP contribution in [0.15, 0.2) is 12.3 Å². The molecule has 1 heterocycles. The van der Waals surface area contributed by atoms with Gasteiger partial charge in [0.25, 0.3) is 0 Å². The summed E-state index contributed by atoms with van der Waals surface area (Å²) < 4.78 is 0. The first-order valence-electron chi connectivity index (χ1n) is 5.69. The number of anilines is 1. The number of carbonyl (C=O) groups is 1. The Labute approximate surface area is 107 Å². The fourth-order valence-electron chi connectivity index (χ4n) is 1.56. The third-order valence-electron chi connectivity index (χ3n) is 2.42. The summed E-state index contributed by atoms with van der Waals surface area (Å²) in [6.07, 6.45) is 2.03. The number of nitrogens with one attached hydrogen (secondary N) is 2. The third-order valence-corrected chi connectivity index (χ3v) is 2.71. The number of pyridine rings is 1. The van der Waals surface area contributed by atoms with Gasteiger partial charge < -0.3 is 10.6 Å². The minimum absolute atomic E-state index is 0.0588. The van der Waals surface area contributed by atoms with Crippen molar-refractivity contribution in [3.05, 3.63) is 23.0 Å². The lowest BCUT2D eigenvalue weighted by Gasteiger charge is -2.13. The van der Waals surface area contributed by atoms with Crippen LogP contribution < -0.4 is 10.6 Å². The summed E-state index contributed by atoms with van der Waals surface area (Å²) in [6, 6.07) is 1.96. The predicted molar refractivity (Wildman–Crippen MR) is 70.4 cm³/mol. The average molecular weight is 256 g/mol. The normalized spacial score (nSPS) is 12.2. The van der Waals surface area contributed by atoms with Gasteiger partial charge in [0.2, 0.25) is 5.91 Å². The number of aromatic nitrogens is 1. The molecule has 1 atom stereocenters. The molecule has 1 aromatic heterocycles. The Morgan fingerprint density at radius 3 is 2.88 bits per heavy atom. The highest BCUT2D eigenvalue weighted by atomic mass is 35.5. The molecule has 1 aromatic rings. The first-order chi connectivity index (χ1) is 8.04. The van der Waals surface area contributed by atoms with Crippen LogP contribution >= 0.6 is 11.6 Å². The maximum atomic E-state index is 11.8. The van der Waals surface area contributed by atoms with Crippen molar-refractivity contribution in [3.8, 4) is 0 Å². The Balaban J connectivity index is 2.62. The maximum Gasteiger partial charge on any atom is 0.226 e. The van der Waals surface area contributed by atoms with E-state index in [-0.39, 0.29) is 11.9 Å². The van der Waals surface area contributed by atoms with E-state index in [0.29, 0.717) is 17.3 Å². The van der Waals surface area contributed by atoms with Crippen LogP contribution in [0, 0.1) is 6.92 Å². The number of aryl methyl sites for hydroxylation is 1. The van der Waals surface area contributed by atoms with Gasteiger partial charge in [-0.2, -0.15) is 0 Å². The van der Waals surface area contributed by atoms with Gasteiger partial charge in [-0.1, -0.05) is 18.5 Å². The van der Waals surface area contributed by atoms with E-state index in [0.717, 1.165) is 12.1 Å². The Kier molecular flexibility index (Phi) is 5.38. The molecule has 0 spiro atoms. The van der Waals surface area contributed by atoms with Gasteiger partial charge in [-0.3, -0.25) is 4.79 Å². The van der Waals surface area contributed by atoms with Crippen LogP contribution in [0.1, 0.15) is 25.8 Å². The number of hydrogen-bond donors (Lipinski definition) is 2. The van der Waals surface area contributed by atoms with E-state index in [1.807, 2.05) is 26.8 Å². The summed E-state index contributed by atoms with van der Waals surface area (Å²) in [7, 11) is 0. The maximum absolute atomic E-state index is 11.8. The fraction of sp³-hybridized carbons (Fsp3) is 0.500. The van der Waals surface area contributed by atoms with Crippen LogP contribution in [-0.2, 0) is 4.79 Å². The second-order valence-electron chi connectivity index (χ2n) is 4.00. The Hall–Kier alpha value is -1.13. The van der Waals surface area contributed by atoms with Gasteiger partial charge in [0.1, 0.15) is 0 Å². The quantitative estimate of drug-likeness (QED) is 0.795. The summed E-state index contributed by atoms with van der Waals surface area (Å²) in [5, 5.41) is 6.30. The highest BCUT2D eigenvalue weighted by molar-refractivity contribution is 6.32. The van der Waals surface area contributed by atoms with Gasteiger partial charge in [-0.15, -0.1) is 0 Å². The number of hydrogen-bond acceptors (Lipinski definition) is 3. The molecule has 2 N–H and O–H groups in total. The van der Waals surface area contributed by atoms with Crippen LogP contribution in [0.3, 0.4) is 0 Å². The Bertz CT molecular complexity index is 375. The Morgan fingerprint density at radius 2 is 2.29 bits per heavy atom. The van der Waals surface area contributed by atoms with Crippen molar-refractivity contribution in [2.24, 2.45) is 0 Å². The smallest absolute Gasteiger partial charge is 0.226 e. The van der Waals surface area contributed by atoms with Crippen LogP contribution in [0.2, 0.25) is 5.15 Å². The van der Waals surface area contributed by atoms with Gasteiger partial charge >= 0.3 is 0 Å². The summed E-state index contributed by atoms with van der Waals surface area (Å²) >= 11 is 5.93. The van der Waals surface area contributed by atoms with E-state index in [4.69, 9.17) is 11.6 Å². The first kappa shape index (κ1) is 13.9. The van der Waals surface area contributed by atoms with Gasteiger partial charge in [-0.05, 0) is 32.0 Å². The lowest BCUT2D eigenvalue weighted by molar-refractivity contribution is -0.116. The number of nitrogens with zero attached hydrogens (tertiary/aromatic N) is 1. The zero-order chi connectivity index (χ0) is 12.8. The van der Waals surface area contributed by atoms with Crippen LogP contribution in [0.4, 0.5) is 5.69 Å². The highest BCUT2D eigenvalue weighted by Gasteiger charge is 2.11. The topological polar surface area (TPSA) is 54.0 Å². The van der Waals surface area contributed by atoms with E-state index >= 15 is 0 Å². The van der Waals surface area contributed by atoms with Gasteiger partial charge in [0.05, 0.1) is 5.69 Å². The first-order valence-corrected chi connectivity index (χ1v) is 6.06. The van der Waals surface area contributed by atoms with E-state index in [1.165, 1.54) is 0 Å². The standard InChI is InChI=1S/C12H18ClN3O/c1-4-14-9(3)7-10(17)16-11-8(2)5-6-15-12(11)13/h5-6,9,14H,4,7H2,1-3H3,(H,16,17). The molecule has 5 heteroatoms. The molecule has 0 aliphatic heterocycles. The molecule has 94 valence electrons. The molecule has 0 aromatic carbocycles. The molecule has 4 nitrogen and oxygen atoms in total. The molecule has 0 saturated heterocycles. The van der Waals surface area contributed by atoms with E-state index in [1.54, 1.807) is 6.20 Å². The lowest BCUT2D eigenvalue weighted by atomic mass is 10.2. The van der Waals surface area contributed by atoms with Crippen molar-refractivity contribution in [2.45, 2.75) is 33.2 Å². The molecule has 0 radical (unpaired) electrons. The van der Waals surface area contributed by atoms with Crippen molar-refractivity contribution in [3.63, 3.8) is 0 Å². The monoisotopic (exact) mass is 255 g/mol. The molecule has 17 heavy (non-hydrogen) atoms. The largest absolute Gasteiger partial charge is 0.323 e. The molecule has 1 unspecified atom stereocenters. The minimum atomic E-state index is -0.0588. The molecule has 1 rings (SSSR count). The summed E-state index contributed by atoms with van der Waals surface area (Å²) in [5.41, 5.74) is 1.51. The summed E-state index contributed by atoms with van der Waals surface area (Å²) in [5.74, 6) is -0.0588. The molecule has 0 aliphatic carbocycles. The van der Waals surface area contributed by atoms with Gasteiger partial charge in [0, 0.05) is 18.7 Å². The van der Waals surface area contributed by atoms with Crippen molar-refractivity contribution in [1.82, 2.24) is 10.3 Å². The molecule has 0 bridgehead atoms. The number of carbonyl (C=O) groups excluding carboxylic acids is 1. The second kappa shape index (κ2) is 6.57. The molecular weight excluding hydrogens is 238 g/mol. The fourth-order valence-corrected chi connectivity index (χ4v) is 1.82. The van der Waals surface area contributed by atoms with E-state index in [2.05, 4.69) is 15.6 Å². The SMILES string of the molecule is CCNC(C)CC(=O)Nc1c(C)ccnc1Cl. The zero-order valence-corrected chi connectivity index (χ0v) is 11.1. The van der Waals surface area contributed by atoms with Crippen molar-refractivity contribution in [2.75, 3.05) is 11.9 Å². The summed E-state index contributed by atoms with van der Waals surface area (Å²) in [6.45, 7) is 6.72. The predicted octanol–water partition coefficient (Wildman–Crippen LogP) is 2.37. The van der Waals surface area contributed by atoms with Crippen LogP contribution in [-0.4, -0.2) is 23.5 Å². The molecule has 0 aliphatic rings. The van der Waals surface area contributed by atoms with E-state index in [9.17, 15) is 4.79 Å². The molecule has 1 amide bonds. The van der Waals surface area contributed by atoms with Crippen molar-refractivity contribution >= 4 is 23.2 Å². The van der Waals surface area contributed by atoms with Crippen molar-refractivity contribution in [1.29, 1.82) is 0 Å². The molecular formula is C12H18ClN3O. The zero-order valence-electron chi connectivity index (χ0n) is 10.4. The number of amides is 1. The highest BCUT2D eigenvalue weighted by Crippen LogP contribution is 2.22. The minimum Gasteiger partial charge on any atom is -0.323 e. The van der Waals surface area contributed by atoms with Gasteiger partial charge in [0.15, 0.2) is 5.15 Å². The lowest BCUT2D eigenvalue weighted by Crippen LogP contribution is -2.30. The molecule has 0 fully saturated rings. The third kappa shape index (κ3) is 4.32. The Morgan fingerprint density at radius 1 is 1.59 bits per heavy atom.